The summed E-state index contributed by atoms with van der Waals surface area (Å²) >= 11 is 1.93. The van der Waals surface area contributed by atoms with Gasteiger partial charge in [0.1, 0.15) is 0 Å². The van der Waals surface area contributed by atoms with Gasteiger partial charge in [-0.2, -0.15) is 4.90 Å². The van der Waals surface area contributed by atoms with Crippen LogP contribution in [0.5, 0.6) is 0 Å². The monoisotopic (exact) mass is 379 g/mol. The van der Waals surface area contributed by atoms with Crippen molar-refractivity contribution < 1.29 is 19.1 Å². The lowest BCUT2D eigenvalue weighted by Crippen LogP contribution is -2.39. The molecule has 0 radical (unpaired) electrons. The van der Waals surface area contributed by atoms with Gasteiger partial charge in [-0.1, -0.05) is 0 Å². The Morgan fingerprint density at radius 1 is 1.32 bits per heavy atom. The topological polar surface area (TPSA) is 94.8 Å². The Hall–Kier alpha value is -1.58. The zero-order valence-electron chi connectivity index (χ0n) is 10.6. The maximum absolute atomic E-state index is 11.8. The third kappa shape index (κ3) is 3.94. The van der Waals surface area contributed by atoms with Gasteiger partial charge >= 0.3 is 12.2 Å². The Morgan fingerprint density at radius 3 is 2.26 bits per heavy atom. The molecule has 0 aliphatic heterocycles. The number of hydrogen-bond acceptors (Lipinski definition) is 6. The predicted octanol–water partition coefficient (Wildman–Crippen LogP) is 2.39. The van der Waals surface area contributed by atoms with Crippen LogP contribution in [-0.2, 0) is 9.47 Å². The number of carbonyl (C=O) groups is 2. The molecule has 1 aromatic heterocycles. The third-order valence-corrected chi connectivity index (χ3v) is 2.75. The van der Waals surface area contributed by atoms with Crippen molar-refractivity contribution in [1.29, 1.82) is 0 Å². The Kier molecular flexibility index (Phi) is 5.80. The zero-order chi connectivity index (χ0) is 14.4. The van der Waals surface area contributed by atoms with Crippen molar-refractivity contribution in [3.63, 3.8) is 0 Å². The smallest absolute Gasteiger partial charge is 0.425 e. The molecule has 0 unspecified atom stereocenters. The molecule has 1 aromatic rings. The van der Waals surface area contributed by atoms with E-state index in [1.807, 2.05) is 22.6 Å². The molecule has 104 valence electrons. The molecule has 0 saturated heterocycles. The van der Waals surface area contributed by atoms with Crippen LogP contribution in [0.4, 0.5) is 21.1 Å². The van der Waals surface area contributed by atoms with Gasteiger partial charge in [0.25, 0.3) is 0 Å². The summed E-state index contributed by atoms with van der Waals surface area (Å²) in [6.45, 7) is 3.56. The van der Waals surface area contributed by atoms with Gasteiger partial charge in [0.15, 0.2) is 5.82 Å². The first-order chi connectivity index (χ1) is 9.01. The molecular weight excluding hydrogens is 365 g/mol. The molecule has 2 amide bonds. The summed E-state index contributed by atoms with van der Waals surface area (Å²) in [5.41, 5.74) is 6.01. The van der Waals surface area contributed by atoms with Crippen molar-refractivity contribution in [2.24, 2.45) is 0 Å². The second-order valence-corrected chi connectivity index (χ2v) is 4.47. The number of ether oxygens (including phenoxy) is 2. The minimum atomic E-state index is -0.837. The van der Waals surface area contributed by atoms with Gasteiger partial charge in [-0.3, -0.25) is 0 Å². The molecule has 0 bridgehead atoms. The second kappa shape index (κ2) is 7.12. The number of pyridine rings is 1. The van der Waals surface area contributed by atoms with E-state index in [4.69, 9.17) is 15.2 Å². The van der Waals surface area contributed by atoms with E-state index in [2.05, 4.69) is 4.98 Å². The Labute approximate surface area is 124 Å². The van der Waals surface area contributed by atoms with Crippen LogP contribution >= 0.6 is 22.6 Å². The molecule has 0 fully saturated rings. The van der Waals surface area contributed by atoms with Crippen LogP contribution in [0.25, 0.3) is 0 Å². The van der Waals surface area contributed by atoms with Gasteiger partial charge in [-0.05, 0) is 42.5 Å². The van der Waals surface area contributed by atoms with Crippen LogP contribution in [0.3, 0.4) is 0 Å². The number of amides is 2. The van der Waals surface area contributed by atoms with E-state index in [1.54, 1.807) is 19.9 Å². The summed E-state index contributed by atoms with van der Waals surface area (Å²) in [6, 6.07) is 1.59. The fourth-order valence-corrected chi connectivity index (χ4v) is 1.97. The van der Waals surface area contributed by atoms with Crippen LogP contribution in [0, 0.1) is 3.57 Å². The van der Waals surface area contributed by atoms with Gasteiger partial charge in [-0.25, -0.2) is 14.6 Å². The summed E-state index contributed by atoms with van der Waals surface area (Å²) in [7, 11) is 0. The van der Waals surface area contributed by atoms with E-state index in [0.29, 0.717) is 9.26 Å². The number of rotatable bonds is 3. The molecule has 8 heteroatoms. The fraction of sp³-hybridized carbons (Fsp3) is 0.364. The van der Waals surface area contributed by atoms with Gasteiger partial charge in [0, 0.05) is 0 Å². The first-order valence-corrected chi connectivity index (χ1v) is 6.63. The van der Waals surface area contributed by atoms with Gasteiger partial charge in [0.05, 0.1) is 28.7 Å². The lowest BCUT2D eigenvalue weighted by atomic mass is 10.4. The predicted molar refractivity (Wildman–Crippen MR) is 77.9 cm³/mol. The molecular formula is C11H14IN3O4. The van der Waals surface area contributed by atoms with Crippen LogP contribution in [0.2, 0.25) is 0 Å². The maximum atomic E-state index is 11.8. The van der Waals surface area contributed by atoms with Crippen molar-refractivity contribution in [1.82, 2.24) is 4.98 Å². The minimum Gasteiger partial charge on any atom is -0.449 e. The minimum absolute atomic E-state index is 0.131. The second-order valence-electron chi connectivity index (χ2n) is 3.31. The standard InChI is InChI=1S/C11H14IN3O4/c1-3-18-10(16)15(11(17)19-4-2)9-8(12)5-7(13)6-14-9/h5-6H,3-4,13H2,1-2H3. The number of halogens is 1. The van der Waals surface area contributed by atoms with Crippen molar-refractivity contribution in [3.05, 3.63) is 15.8 Å². The molecule has 0 aliphatic carbocycles. The summed E-state index contributed by atoms with van der Waals surface area (Å²) in [5, 5.41) is 0. The average Bonchev–Trinajstić information content (AvgIpc) is 2.33. The highest BCUT2D eigenvalue weighted by atomic mass is 127. The van der Waals surface area contributed by atoms with Gasteiger partial charge in [0.2, 0.25) is 0 Å². The summed E-state index contributed by atoms with van der Waals surface area (Å²) in [5.74, 6) is 0.131. The first kappa shape index (κ1) is 15.5. The molecule has 0 saturated carbocycles. The zero-order valence-corrected chi connectivity index (χ0v) is 12.7. The highest BCUT2D eigenvalue weighted by Gasteiger charge is 2.29. The van der Waals surface area contributed by atoms with Crippen molar-refractivity contribution in [2.45, 2.75) is 13.8 Å². The molecule has 0 aromatic carbocycles. The molecule has 1 heterocycles. The molecule has 0 aliphatic rings. The number of nitrogens with two attached hydrogens (primary N) is 1. The Morgan fingerprint density at radius 2 is 1.84 bits per heavy atom. The third-order valence-electron chi connectivity index (χ3n) is 1.96. The maximum Gasteiger partial charge on any atom is 0.425 e. The van der Waals surface area contributed by atoms with E-state index in [0.717, 1.165) is 4.90 Å². The number of anilines is 2. The van der Waals surface area contributed by atoms with E-state index < -0.39 is 12.2 Å². The first-order valence-electron chi connectivity index (χ1n) is 5.55. The summed E-state index contributed by atoms with van der Waals surface area (Å²) in [6.07, 6.45) is -0.324. The van der Waals surface area contributed by atoms with Gasteiger partial charge < -0.3 is 15.2 Å². The van der Waals surface area contributed by atoms with E-state index in [1.165, 1.54) is 6.20 Å². The molecule has 19 heavy (non-hydrogen) atoms. The fourth-order valence-electron chi connectivity index (χ4n) is 1.23. The SMILES string of the molecule is CCOC(=O)N(C(=O)OCC)c1ncc(N)cc1I. The quantitative estimate of drug-likeness (QED) is 0.811. The number of aromatic nitrogens is 1. The van der Waals surface area contributed by atoms with Crippen molar-refractivity contribution in [3.8, 4) is 0 Å². The van der Waals surface area contributed by atoms with E-state index in [9.17, 15) is 9.59 Å². The van der Waals surface area contributed by atoms with Crippen LogP contribution in [-0.4, -0.2) is 30.4 Å². The van der Waals surface area contributed by atoms with Crippen LogP contribution in [0.15, 0.2) is 12.3 Å². The molecule has 7 nitrogen and oxygen atoms in total. The number of imide groups is 1. The van der Waals surface area contributed by atoms with E-state index in [-0.39, 0.29) is 19.0 Å². The molecule has 1 rings (SSSR count). The number of nitrogen functional groups attached to an aromatic ring is 1. The Balaban J connectivity index is 3.14. The largest absolute Gasteiger partial charge is 0.449 e. The van der Waals surface area contributed by atoms with Crippen molar-refractivity contribution in [2.75, 3.05) is 23.8 Å². The number of nitrogens with zero attached hydrogens (tertiary/aromatic N) is 2. The number of hydrogen-bond donors (Lipinski definition) is 1. The Bertz CT molecular complexity index is 463. The summed E-state index contributed by atoms with van der Waals surface area (Å²) in [4.78, 5) is 28.4. The molecule has 0 spiro atoms. The average molecular weight is 379 g/mol. The highest BCUT2D eigenvalue weighted by Crippen LogP contribution is 2.23. The van der Waals surface area contributed by atoms with Crippen LogP contribution < -0.4 is 10.6 Å². The van der Waals surface area contributed by atoms with Crippen molar-refractivity contribution >= 4 is 46.3 Å². The van der Waals surface area contributed by atoms with Crippen LogP contribution in [0.1, 0.15) is 13.8 Å². The van der Waals surface area contributed by atoms with Gasteiger partial charge in [-0.15, -0.1) is 0 Å². The molecule has 2 N–H and O–H groups in total. The number of carbonyl (C=O) groups excluding carboxylic acids is 2. The lowest BCUT2D eigenvalue weighted by Gasteiger charge is -2.19. The summed E-state index contributed by atoms with van der Waals surface area (Å²) < 4.78 is 10.2. The lowest BCUT2D eigenvalue weighted by molar-refractivity contribution is 0.140. The molecule has 0 atom stereocenters. The highest BCUT2D eigenvalue weighted by molar-refractivity contribution is 14.1. The normalized spacial score (nSPS) is 9.84. The van der Waals surface area contributed by atoms with E-state index >= 15 is 0 Å².